The second-order valence-corrected chi connectivity index (χ2v) is 4.72. The number of aromatic nitrogens is 3. The van der Waals surface area contributed by atoms with Gasteiger partial charge in [0.25, 0.3) is 5.56 Å². The van der Waals surface area contributed by atoms with Crippen molar-refractivity contribution in [1.82, 2.24) is 15.2 Å². The summed E-state index contributed by atoms with van der Waals surface area (Å²) in [6.45, 7) is -0.454. The zero-order valence-electron chi connectivity index (χ0n) is 8.94. The van der Waals surface area contributed by atoms with E-state index in [0.29, 0.717) is 0 Å². The van der Waals surface area contributed by atoms with Crippen molar-refractivity contribution in [3.05, 3.63) is 20.8 Å². The van der Waals surface area contributed by atoms with Crippen molar-refractivity contribution in [1.29, 1.82) is 0 Å². The summed E-state index contributed by atoms with van der Waals surface area (Å²) < 4.78 is 5.15. The highest BCUT2D eigenvalue weighted by atomic mass is 32.2. The number of H-pyrrole nitrogens is 2. The maximum atomic E-state index is 11.4. The molecule has 1 aliphatic rings. The van der Waals surface area contributed by atoms with E-state index >= 15 is 0 Å². The van der Waals surface area contributed by atoms with Crippen LogP contribution >= 0.6 is 11.8 Å². The van der Waals surface area contributed by atoms with E-state index in [0.717, 1.165) is 11.8 Å². The molecule has 1 saturated heterocycles. The molecule has 0 aliphatic carbocycles. The summed E-state index contributed by atoms with van der Waals surface area (Å²) in [5.74, 6) is 0. The predicted octanol–water partition coefficient (Wildman–Crippen LogP) is -3.01. The van der Waals surface area contributed by atoms with Crippen LogP contribution in [0.4, 0.5) is 0 Å². The maximum Gasteiger partial charge on any atom is 0.342 e. The Labute approximate surface area is 104 Å². The lowest BCUT2D eigenvalue weighted by Gasteiger charge is -2.12. The van der Waals surface area contributed by atoms with Gasteiger partial charge < -0.3 is 20.1 Å². The fraction of sp³-hybridized carbons (Fsp3) is 0.625. The van der Waals surface area contributed by atoms with E-state index in [1.807, 2.05) is 10.1 Å². The van der Waals surface area contributed by atoms with E-state index in [1.165, 1.54) is 0 Å². The van der Waals surface area contributed by atoms with Gasteiger partial charge in [-0.15, -0.1) is 0 Å². The molecule has 0 spiro atoms. The third-order valence-corrected chi connectivity index (χ3v) is 3.53. The minimum Gasteiger partial charge on any atom is -0.394 e. The average molecular weight is 277 g/mol. The van der Waals surface area contributed by atoms with Gasteiger partial charge in [-0.05, 0) is 0 Å². The molecule has 100 valence electrons. The summed E-state index contributed by atoms with van der Waals surface area (Å²) in [6, 6.07) is 0. The summed E-state index contributed by atoms with van der Waals surface area (Å²) in [6.07, 6.45) is -3.42. The number of thioether (sulfide) groups is 1. The molecule has 9 nitrogen and oxygen atoms in total. The number of nitrogens with one attached hydrogen (secondary N) is 2. The molecule has 1 aromatic heterocycles. The Morgan fingerprint density at radius 2 is 2.06 bits per heavy atom. The Hall–Kier alpha value is -1.20. The average Bonchev–Trinajstić information content (AvgIpc) is 2.60. The Kier molecular flexibility index (Phi) is 3.82. The molecule has 18 heavy (non-hydrogen) atoms. The van der Waals surface area contributed by atoms with Gasteiger partial charge in [-0.3, -0.25) is 9.78 Å². The second kappa shape index (κ2) is 5.20. The first-order chi connectivity index (χ1) is 8.52. The van der Waals surface area contributed by atoms with Crippen molar-refractivity contribution in [2.75, 3.05) is 6.61 Å². The summed E-state index contributed by atoms with van der Waals surface area (Å²) >= 11 is 0.749. The van der Waals surface area contributed by atoms with Crippen molar-refractivity contribution in [3.63, 3.8) is 0 Å². The summed E-state index contributed by atoms with van der Waals surface area (Å²) in [7, 11) is 0. The van der Waals surface area contributed by atoms with Gasteiger partial charge >= 0.3 is 5.69 Å². The van der Waals surface area contributed by atoms with E-state index < -0.39 is 41.6 Å². The fourth-order valence-corrected chi connectivity index (χ4v) is 2.46. The van der Waals surface area contributed by atoms with Gasteiger partial charge in [0.2, 0.25) is 0 Å². The smallest absolute Gasteiger partial charge is 0.342 e. The lowest BCUT2D eigenvalue weighted by molar-refractivity contribution is -0.00810. The first-order valence-corrected chi connectivity index (χ1v) is 5.89. The van der Waals surface area contributed by atoms with Crippen LogP contribution in [0.3, 0.4) is 0 Å². The van der Waals surface area contributed by atoms with E-state index in [1.54, 1.807) is 0 Å². The largest absolute Gasteiger partial charge is 0.394 e. The van der Waals surface area contributed by atoms with Gasteiger partial charge in [0.15, 0.2) is 5.03 Å². The zero-order chi connectivity index (χ0) is 13.3. The Bertz CT molecular complexity index is 530. The predicted molar refractivity (Wildman–Crippen MR) is 59.1 cm³/mol. The van der Waals surface area contributed by atoms with Crippen molar-refractivity contribution < 1.29 is 20.1 Å². The lowest BCUT2D eigenvalue weighted by atomic mass is 10.2. The molecule has 2 rings (SSSR count). The molecule has 1 aromatic rings. The number of rotatable bonds is 3. The first-order valence-electron chi connectivity index (χ1n) is 5.01. The topological polar surface area (TPSA) is 149 Å². The third kappa shape index (κ3) is 2.47. The molecule has 0 bridgehead atoms. The van der Waals surface area contributed by atoms with Crippen LogP contribution in [0.15, 0.2) is 14.6 Å². The van der Waals surface area contributed by atoms with Crippen LogP contribution < -0.4 is 11.2 Å². The van der Waals surface area contributed by atoms with Crippen LogP contribution in [-0.2, 0) is 4.74 Å². The molecular formula is C8H11N3O6S. The van der Waals surface area contributed by atoms with Gasteiger partial charge in [0.1, 0.15) is 23.7 Å². The van der Waals surface area contributed by atoms with E-state index in [4.69, 9.17) is 9.84 Å². The van der Waals surface area contributed by atoms with E-state index in [9.17, 15) is 19.8 Å². The molecule has 1 aliphatic heterocycles. The minimum atomic E-state index is -1.26. The minimum absolute atomic E-state index is 0.107. The summed E-state index contributed by atoms with van der Waals surface area (Å²) in [4.78, 5) is 24.1. The summed E-state index contributed by atoms with van der Waals surface area (Å²) in [5, 5.41) is 33.5. The quantitative estimate of drug-likeness (QED) is 0.392. The van der Waals surface area contributed by atoms with Crippen molar-refractivity contribution in [2.45, 2.75) is 28.8 Å². The Balaban J connectivity index is 2.15. The highest BCUT2D eigenvalue weighted by molar-refractivity contribution is 7.99. The number of hydrogen-bond donors (Lipinski definition) is 5. The molecule has 2 heterocycles. The molecule has 0 radical (unpaired) electrons. The van der Waals surface area contributed by atoms with E-state index in [-0.39, 0.29) is 5.03 Å². The van der Waals surface area contributed by atoms with E-state index in [2.05, 4.69) is 5.10 Å². The van der Waals surface area contributed by atoms with Crippen LogP contribution in [-0.4, -0.2) is 60.9 Å². The number of hydrogen-bond acceptors (Lipinski definition) is 8. The van der Waals surface area contributed by atoms with Gasteiger partial charge in [0.05, 0.1) is 6.61 Å². The summed E-state index contributed by atoms with van der Waals surface area (Å²) in [5.41, 5.74) is -2.41. The number of nitrogens with zero attached hydrogens (tertiary/aromatic N) is 1. The van der Waals surface area contributed by atoms with Crippen molar-refractivity contribution >= 4 is 11.8 Å². The zero-order valence-corrected chi connectivity index (χ0v) is 9.75. The first kappa shape index (κ1) is 13.2. The molecule has 4 atom stereocenters. The van der Waals surface area contributed by atoms with Crippen LogP contribution in [0.2, 0.25) is 0 Å². The molecule has 0 amide bonds. The Morgan fingerprint density at radius 3 is 2.61 bits per heavy atom. The van der Waals surface area contributed by atoms with Crippen LogP contribution in [0.5, 0.6) is 0 Å². The standard InChI is InChI=1S/C8H11N3O6S/c12-1-2-3(13)4(14)7(17-2)18-6-5(15)9-8(16)11-10-6/h2-4,7,12-14H,1H2,(H2,9,11,15,16)/t2-,3-,4-,7+/m0/s1. The molecule has 1 fully saturated rings. The monoisotopic (exact) mass is 277 g/mol. The highest BCUT2D eigenvalue weighted by Gasteiger charge is 2.43. The SMILES string of the molecule is O=c1[nH]nc(S[C@H]2O[C@@H](CO)[C@H](O)[C@@H]2O)c(=O)[nH]1. The van der Waals surface area contributed by atoms with Crippen LogP contribution in [0.25, 0.3) is 0 Å². The third-order valence-electron chi connectivity index (χ3n) is 2.41. The molecular weight excluding hydrogens is 266 g/mol. The van der Waals surface area contributed by atoms with Crippen LogP contribution in [0.1, 0.15) is 0 Å². The number of aromatic amines is 2. The van der Waals surface area contributed by atoms with Gasteiger partial charge in [-0.25, -0.2) is 9.89 Å². The van der Waals surface area contributed by atoms with Gasteiger partial charge in [-0.2, -0.15) is 5.10 Å². The number of aliphatic hydroxyl groups excluding tert-OH is 3. The van der Waals surface area contributed by atoms with Crippen LogP contribution in [0, 0.1) is 0 Å². The number of aliphatic hydroxyl groups is 3. The molecule has 0 aromatic carbocycles. The maximum absolute atomic E-state index is 11.4. The molecule has 10 heteroatoms. The lowest BCUT2D eigenvalue weighted by Crippen LogP contribution is -2.33. The Morgan fingerprint density at radius 1 is 1.33 bits per heavy atom. The normalized spacial score (nSPS) is 31.7. The highest BCUT2D eigenvalue weighted by Crippen LogP contribution is 2.31. The van der Waals surface area contributed by atoms with Gasteiger partial charge in [-0.1, -0.05) is 11.8 Å². The molecule has 0 unspecified atom stereocenters. The second-order valence-electron chi connectivity index (χ2n) is 3.64. The molecule has 5 N–H and O–H groups in total. The van der Waals surface area contributed by atoms with Crippen molar-refractivity contribution in [3.8, 4) is 0 Å². The fourth-order valence-electron chi connectivity index (χ4n) is 1.49. The molecule has 0 saturated carbocycles. The number of ether oxygens (including phenoxy) is 1. The van der Waals surface area contributed by atoms with Crippen molar-refractivity contribution in [2.24, 2.45) is 0 Å². The van der Waals surface area contributed by atoms with Gasteiger partial charge in [0, 0.05) is 0 Å².